The standard InChI is InChI=1S/C13H9ClF3N/c1-2-7-3-4-18-13(12(7)17)8-5-9(14)11(16)6-10(8)15/h3-6H,2H2,1H3. The van der Waals surface area contributed by atoms with Gasteiger partial charge in [-0.15, -0.1) is 0 Å². The summed E-state index contributed by atoms with van der Waals surface area (Å²) in [5.41, 5.74) is 0.114. The molecule has 0 saturated heterocycles. The maximum atomic E-state index is 14.0. The molecule has 0 aliphatic heterocycles. The van der Waals surface area contributed by atoms with Crippen LogP contribution in [0.4, 0.5) is 13.2 Å². The fraction of sp³-hybridized carbons (Fsp3) is 0.154. The maximum Gasteiger partial charge on any atom is 0.152 e. The zero-order chi connectivity index (χ0) is 13.3. The summed E-state index contributed by atoms with van der Waals surface area (Å²) in [6.45, 7) is 1.77. The second-order valence-corrected chi connectivity index (χ2v) is 4.14. The number of aromatic nitrogens is 1. The minimum atomic E-state index is -0.892. The Morgan fingerprint density at radius 3 is 2.56 bits per heavy atom. The molecule has 0 amide bonds. The fourth-order valence-electron chi connectivity index (χ4n) is 1.65. The first-order chi connectivity index (χ1) is 8.54. The number of pyridine rings is 1. The van der Waals surface area contributed by atoms with Gasteiger partial charge in [0.1, 0.15) is 17.3 Å². The van der Waals surface area contributed by atoms with Gasteiger partial charge in [-0.2, -0.15) is 0 Å². The van der Waals surface area contributed by atoms with Gasteiger partial charge in [-0.25, -0.2) is 13.2 Å². The molecule has 94 valence electrons. The summed E-state index contributed by atoms with van der Waals surface area (Å²) in [5.74, 6) is -2.39. The Kier molecular flexibility index (Phi) is 3.57. The van der Waals surface area contributed by atoms with Crippen LogP contribution in [0.1, 0.15) is 12.5 Å². The first-order valence-electron chi connectivity index (χ1n) is 5.33. The molecular weight excluding hydrogens is 263 g/mol. The summed E-state index contributed by atoms with van der Waals surface area (Å²) in [6.07, 6.45) is 1.84. The average molecular weight is 272 g/mol. The number of nitrogens with zero attached hydrogens (tertiary/aromatic N) is 1. The molecule has 0 bridgehead atoms. The van der Waals surface area contributed by atoms with Gasteiger partial charge >= 0.3 is 0 Å². The molecule has 1 aromatic heterocycles. The number of aryl methyl sites for hydroxylation is 1. The molecule has 2 rings (SSSR count). The van der Waals surface area contributed by atoms with Gasteiger partial charge in [-0.05, 0) is 24.1 Å². The van der Waals surface area contributed by atoms with Gasteiger partial charge in [0.2, 0.25) is 0 Å². The molecule has 0 N–H and O–H groups in total. The highest BCUT2D eigenvalue weighted by Gasteiger charge is 2.16. The van der Waals surface area contributed by atoms with Crippen molar-refractivity contribution in [2.24, 2.45) is 0 Å². The number of halogens is 4. The van der Waals surface area contributed by atoms with Crippen molar-refractivity contribution in [3.63, 3.8) is 0 Å². The van der Waals surface area contributed by atoms with Crippen molar-refractivity contribution < 1.29 is 13.2 Å². The van der Waals surface area contributed by atoms with Crippen molar-refractivity contribution in [1.82, 2.24) is 4.98 Å². The molecule has 0 saturated carbocycles. The summed E-state index contributed by atoms with van der Waals surface area (Å²) in [5, 5.41) is -0.269. The minimum absolute atomic E-state index is 0.144. The smallest absolute Gasteiger partial charge is 0.152 e. The average Bonchev–Trinajstić information content (AvgIpc) is 2.34. The summed E-state index contributed by atoms with van der Waals surface area (Å²) < 4.78 is 40.7. The third-order valence-corrected chi connectivity index (χ3v) is 2.90. The van der Waals surface area contributed by atoms with E-state index in [9.17, 15) is 13.2 Å². The van der Waals surface area contributed by atoms with Gasteiger partial charge in [-0.1, -0.05) is 18.5 Å². The predicted octanol–water partition coefficient (Wildman–Crippen LogP) is 4.38. The molecule has 18 heavy (non-hydrogen) atoms. The summed E-state index contributed by atoms with van der Waals surface area (Å²) in [6, 6.07) is 3.18. The van der Waals surface area contributed by atoms with Crippen molar-refractivity contribution in [3.05, 3.63) is 52.4 Å². The zero-order valence-corrected chi connectivity index (χ0v) is 10.2. The lowest BCUT2D eigenvalue weighted by Crippen LogP contribution is -1.98. The Morgan fingerprint density at radius 1 is 1.17 bits per heavy atom. The number of rotatable bonds is 2. The van der Waals surface area contributed by atoms with Crippen LogP contribution < -0.4 is 0 Å². The summed E-state index contributed by atoms with van der Waals surface area (Å²) in [4.78, 5) is 3.79. The van der Waals surface area contributed by atoms with Crippen LogP contribution in [0.5, 0.6) is 0 Å². The highest BCUT2D eigenvalue weighted by Crippen LogP contribution is 2.29. The van der Waals surface area contributed by atoms with Gasteiger partial charge in [-0.3, -0.25) is 4.98 Å². The minimum Gasteiger partial charge on any atom is -0.253 e. The lowest BCUT2D eigenvalue weighted by atomic mass is 10.1. The number of hydrogen-bond acceptors (Lipinski definition) is 1. The van der Waals surface area contributed by atoms with Gasteiger partial charge in [0.15, 0.2) is 5.82 Å². The second kappa shape index (κ2) is 4.98. The molecule has 0 radical (unpaired) electrons. The van der Waals surface area contributed by atoms with E-state index in [4.69, 9.17) is 11.6 Å². The van der Waals surface area contributed by atoms with E-state index in [1.165, 1.54) is 12.3 Å². The summed E-state index contributed by atoms with van der Waals surface area (Å²) >= 11 is 5.57. The molecule has 0 aliphatic carbocycles. The first-order valence-corrected chi connectivity index (χ1v) is 5.70. The van der Waals surface area contributed by atoms with E-state index >= 15 is 0 Å². The van der Waals surface area contributed by atoms with E-state index in [2.05, 4.69) is 4.98 Å². The van der Waals surface area contributed by atoms with Crippen LogP contribution in [0.25, 0.3) is 11.3 Å². The normalized spacial score (nSPS) is 10.7. The first kappa shape index (κ1) is 12.9. The molecule has 0 atom stereocenters. The molecule has 1 nitrogen and oxygen atoms in total. The monoisotopic (exact) mass is 271 g/mol. The third-order valence-electron chi connectivity index (χ3n) is 2.62. The van der Waals surface area contributed by atoms with Crippen LogP contribution in [0.15, 0.2) is 24.4 Å². The van der Waals surface area contributed by atoms with Gasteiger partial charge < -0.3 is 0 Å². The van der Waals surface area contributed by atoms with Gasteiger partial charge in [0.05, 0.1) is 5.02 Å². The highest BCUT2D eigenvalue weighted by molar-refractivity contribution is 6.31. The largest absolute Gasteiger partial charge is 0.253 e. The van der Waals surface area contributed by atoms with Crippen molar-refractivity contribution >= 4 is 11.6 Å². The van der Waals surface area contributed by atoms with E-state index in [1.807, 2.05) is 0 Å². The molecule has 0 aliphatic rings. The molecule has 1 heterocycles. The topological polar surface area (TPSA) is 12.9 Å². The molecule has 0 fully saturated rings. The molecule has 2 aromatic rings. The molecule has 0 unspecified atom stereocenters. The van der Waals surface area contributed by atoms with E-state index in [-0.39, 0.29) is 16.3 Å². The Labute approximate surface area is 107 Å². The maximum absolute atomic E-state index is 14.0. The molecule has 1 aromatic carbocycles. The van der Waals surface area contributed by atoms with Gasteiger partial charge in [0.25, 0.3) is 0 Å². The molecule has 0 spiro atoms. The Balaban J connectivity index is 2.66. The van der Waals surface area contributed by atoms with E-state index in [0.29, 0.717) is 18.1 Å². The number of benzene rings is 1. The highest BCUT2D eigenvalue weighted by atomic mass is 35.5. The van der Waals surface area contributed by atoms with Crippen LogP contribution in [-0.2, 0) is 6.42 Å². The van der Waals surface area contributed by atoms with Crippen LogP contribution in [0.3, 0.4) is 0 Å². The quantitative estimate of drug-likeness (QED) is 0.739. The number of hydrogen-bond donors (Lipinski definition) is 0. The van der Waals surface area contributed by atoms with Gasteiger partial charge in [0, 0.05) is 17.8 Å². The lowest BCUT2D eigenvalue weighted by Gasteiger charge is -2.08. The summed E-state index contributed by atoms with van der Waals surface area (Å²) in [7, 11) is 0. The zero-order valence-electron chi connectivity index (χ0n) is 9.48. The van der Waals surface area contributed by atoms with Crippen molar-refractivity contribution in [1.29, 1.82) is 0 Å². The van der Waals surface area contributed by atoms with E-state index in [1.54, 1.807) is 6.92 Å². The van der Waals surface area contributed by atoms with Crippen LogP contribution in [0, 0.1) is 17.5 Å². The Bertz CT molecular complexity index is 599. The van der Waals surface area contributed by atoms with E-state index in [0.717, 1.165) is 6.07 Å². The van der Waals surface area contributed by atoms with Crippen molar-refractivity contribution in [2.75, 3.05) is 0 Å². The SMILES string of the molecule is CCc1ccnc(-c2cc(Cl)c(F)cc2F)c1F. The Morgan fingerprint density at radius 2 is 1.89 bits per heavy atom. The van der Waals surface area contributed by atoms with Crippen molar-refractivity contribution in [3.8, 4) is 11.3 Å². The van der Waals surface area contributed by atoms with E-state index < -0.39 is 17.5 Å². The Hall–Kier alpha value is -1.55. The van der Waals surface area contributed by atoms with Crippen molar-refractivity contribution in [2.45, 2.75) is 13.3 Å². The van der Waals surface area contributed by atoms with Crippen LogP contribution >= 0.6 is 11.6 Å². The second-order valence-electron chi connectivity index (χ2n) is 3.73. The molecular formula is C13H9ClF3N. The third kappa shape index (κ3) is 2.20. The fourth-order valence-corrected chi connectivity index (χ4v) is 1.81. The van der Waals surface area contributed by atoms with Crippen LogP contribution in [-0.4, -0.2) is 4.98 Å². The van der Waals surface area contributed by atoms with Crippen LogP contribution in [0.2, 0.25) is 5.02 Å². The molecule has 5 heteroatoms. The lowest BCUT2D eigenvalue weighted by molar-refractivity contribution is 0.580. The predicted molar refractivity (Wildman–Crippen MR) is 63.9 cm³/mol.